The number of thiophene rings is 1. The lowest BCUT2D eigenvalue weighted by Gasteiger charge is -1.99. The van der Waals surface area contributed by atoms with Crippen LogP contribution in [0.15, 0.2) is 35.4 Å². The van der Waals surface area contributed by atoms with E-state index in [0.717, 1.165) is 0 Å². The van der Waals surface area contributed by atoms with Crippen LogP contribution in [0.4, 0.5) is 5.69 Å². The number of fused-ring (bicyclic) bond motifs is 1. The number of rotatable bonds is 2. The van der Waals surface area contributed by atoms with Crippen LogP contribution in [0.5, 0.6) is 0 Å². The van der Waals surface area contributed by atoms with Gasteiger partial charge >= 0.3 is 0 Å². The van der Waals surface area contributed by atoms with Gasteiger partial charge in [-0.1, -0.05) is 11.6 Å². The van der Waals surface area contributed by atoms with E-state index < -0.39 is 4.92 Å². The molecule has 8 heteroatoms. The highest BCUT2D eigenvalue weighted by atomic mass is 35.5. The molecule has 0 amide bonds. The zero-order chi connectivity index (χ0) is 14.3. The first-order valence-corrected chi connectivity index (χ1v) is 6.66. The number of aromatic nitrogens is 2. The summed E-state index contributed by atoms with van der Waals surface area (Å²) in [5, 5.41) is 11.1. The Morgan fingerprint density at radius 2 is 2.10 bits per heavy atom. The molecule has 0 saturated heterocycles. The topological polar surface area (TPSA) is 88.9 Å². The van der Waals surface area contributed by atoms with Gasteiger partial charge in [0.15, 0.2) is 0 Å². The van der Waals surface area contributed by atoms with Crippen molar-refractivity contribution in [2.24, 2.45) is 0 Å². The standard InChI is InChI=1S/C12H6ClN3O3S/c13-7-1-6(2-8(3-7)16(18)19)10-4-9-11(20-10)12(17)15-5-14-9/h1-5H,(H,14,15,17). The number of nitrogens with one attached hydrogen (secondary N) is 1. The maximum Gasteiger partial charge on any atom is 0.271 e. The van der Waals surface area contributed by atoms with E-state index in [1.807, 2.05) is 0 Å². The Hall–Kier alpha value is -2.25. The average Bonchev–Trinajstić information content (AvgIpc) is 2.83. The first-order chi connectivity index (χ1) is 9.54. The highest BCUT2D eigenvalue weighted by Gasteiger charge is 2.13. The van der Waals surface area contributed by atoms with E-state index in [0.29, 0.717) is 20.7 Å². The van der Waals surface area contributed by atoms with Crippen LogP contribution in [0.1, 0.15) is 0 Å². The van der Waals surface area contributed by atoms with Crippen molar-refractivity contribution in [2.75, 3.05) is 0 Å². The molecule has 0 aliphatic heterocycles. The van der Waals surface area contributed by atoms with Crippen LogP contribution >= 0.6 is 22.9 Å². The summed E-state index contributed by atoms with van der Waals surface area (Å²) in [5.74, 6) is 0. The van der Waals surface area contributed by atoms with Crippen LogP contribution in [-0.4, -0.2) is 14.9 Å². The maximum atomic E-state index is 11.6. The number of non-ortho nitro benzene ring substituents is 1. The molecular weight excluding hydrogens is 302 g/mol. The quantitative estimate of drug-likeness (QED) is 0.581. The summed E-state index contributed by atoms with van der Waals surface area (Å²) in [5.41, 5.74) is 0.817. The monoisotopic (exact) mass is 307 g/mol. The number of nitro groups is 1. The van der Waals surface area contributed by atoms with Crippen molar-refractivity contribution in [3.63, 3.8) is 0 Å². The molecule has 0 saturated carbocycles. The molecule has 1 N–H and O–H groups in total. The molecule has 0 unspecified atom stereocenters. The predicted molar refractivity (Wildman–Crippen MR) is 77.3 cm³/mol. The molecule has 3 aromatic rings. The van der Waals surface area contributed by atoms with E-state index in [9.17, 15) is 14.9 Å². The molecule has 0 fully saturated rings. The molecule has 0 aliphatic rings. The predicted octanol–water partition coefficient (Wildman–Crippen LogP) is 3.21. The summed E-state index contributed by atoms with van der Waals surface area (Å²) < 4.78 is 0.477. The number of hydrogen-bond acceptors (Lipinski definition) is 5. The third kappa shape index (κ3) is 2.17. The number of hydrogen-bond donors (Lipinski definition) is 1. The molecule has 6 nitrogen and oxygen atoms in total. The molecule has 1 aromatic carbocycles. The lowest BCUT2D eigenvalue weighted by atomic mass is 10.1. The van der Waals surface area contributed by atoms with Crippen molar-refractivity contribution in [3.05, 3.63) is 56.1 Å². The summed E-state index contributed by atoms with van der Waals surface area (Å²) >= 11 is 7.11. The molecule has 20 heavy (non-hydrogen) atoms. The number of benzene rings is 1. The van der Waals surface area contributed by atoms with Crippen molar-refractivity contribution in [1.29, 1.82) is 0 Å². The second-order valence-corrected chi connectivity index (χ2v) is 5.50. The Labute approximate surface area is 120 Å². The van der Waals surface area contributed by atoms with E-state index in [-0.39, 0.29) is 16.3 Å². The van der Waals surface area contributed by atoms with Crippen molar-refractivity contribution in [3.8, 4) is 10.4 Å². The highest BCUT2D eigenvalue weighted by molar-refractivity contribution is 7.22. The van der Waals surface area contributed by atoms with Crippen molar-refractivity contribution in [2.45, 2.75) is 0 Å². The molecule has 3 rings (SSSR count). The van der Waals surface area contributed by atoms with Crippen LogP contribution in [-0.2, 0) is 0 Å². The summed E-state index contributed by atoms with van der Waals surface area (Å²) in [6, 6.07) is 6.03. The van der Waals surface area contributed by atoms with E-state index in [4.69, 9.17) is 11.6 Å². The number of aromatic amines is 1. The van der Waals surface area contributed by atoms with Gasteiger partial charge in [0.1, 0.15) is 4.70 Å². The number of H-pyrrole nitrogens is 1. The van der Waals surface area contributed by atoms with E-state index >= 15 is 0 Å². The third-order valence-corrected chi connectivity index (χ3v) is 4.09. The van der Waals surface area contributed by atoms with Crippen LogP contribution < -0.4 is 5.56 Å². The van der Waals surface area contributed by atoms with E-state index in [2.05, 4.69) is 9.97 Å². The van der Waals surface area contributed by atoms with Crippen molar-refractivity contribution < 1.29 is 4.92 Å². The minimum Gasteiger partial charge on any atom is -0.312 e. The fourth-order valence-corrected chi connectivity index (χ4v) is 3.05. The van der Waals surface area contributed by atoms with E-state index in [1.165, 1.54) is 29.8 Å². The van der Waals surface area contributed by atoms with Gasteiger partial charge in [0.05, 0.1) is 16.8 Å². The van der Waals surface area contributed by atoms with Gasteiger partial charge in [-0.05, 0) is 12.1 Å². The Kier molecular flexibility index (Phi) is 3.00. The first-order valence-electron chi connectivity index (χ1n) is 5.47. The third-order valence-electron chi connectivity index (χ3n) is 2.70. The van der Waals surface area contributed by atoms with Gasteiger partial charge in [0.2, 0.25) is 0 Å². The van der Waals surface area contributed by atoms with E-state index in [1.54, 1.807) is 12.1 Å². The van der Waals surface area contributed by atoms with Gasteiger partial charge in [0.25, 0.3) is 11.2 Å². The fourth-order valence-electron chi connectivity index (χ4n) is 1.83. The van der Waals surface area contributed by atoms with Gasteiger partial charge in [-0.15, -0.1) is 11.3 Å². The minimum atomic E-state index is -0.506. The lowest BCUT2D eigenvalue weighted by Crippen LogP contribution is -2.02. The molecule has 0 bridgehead atoms. The van der Waals surface area contributed by atoms with Crippen LogP contribution in [0, 0.1) is 10.1 Å². The Balaban J connectivity index is 2.23. The summed E-state index contributed by atoms with van der Waals surface area (Å²) in [4.78, 5) is 29.2. The SMILES string of the molecule is O=c1[nH]cnc2cc(-c3cc(Cl)cc([N+](=O)[O-])c3)sc12. The number of halogens is 1. The zero-order valence-electron chi connectivity index (χ0n) is 9.79. The number of nitrogens with zero attached hydrogens (tertiary/aromatic N) is 2. The molecular formula is C12H6ClN3O3S. The minimum absolute atomic E-state index is 0.0909. The lowest BCUT2D eigenvalue weighted by molar-refractivity contribution is -0.384. The molecule has 2 heterocycles. The van der Waals surface area contributed by atoms with Gasteiger partial charge in [-0.2, -0.15) is 0 Å². The smallest absolute Gasteiger partial charge is 0.271 e. The highest BCUT2D eigenvalue weighted by Crippen LogP contribution is 2.34. The van der Waals surface area contributed by atoms with Crippen molar-refractivity contribution in [1.82, 2.24) is 9.97 Å². The van der Waals surface area contributed by atoms with Gasteiger partial charge < -0.3 is 4.98 Å². The summed E-state index contributed by atoms with van der Waals surface area (Å²) in [7, 11) is 0. The molecule has 0 atom stereocenters. The molecule has 0 aliphatic carbocycles. The van der Waals surface area contributed by atoms with Crippen LogP contribution in [0.3, 0.4) is 0 Å². The molecule has 0 spiro atoms. The second kappa shape index (κ2) is 4.69. The van der Waals surface area contributed by atoms with Gasteiger partial charge in [0, 0.05) is 27.6 Å². The normalized spacial score (nSPS) is 10.8. The molecule has 100 valence electrons. The number of nitro benzene ring substituents is 1. The Morgan fingerprint density at radius 3 is 2.80 bits per heavy atom. The van der Waals surface area contributed by atoms with Crippen LogP contribution in [0.25, 0.3) is 20.7 Å². The van der Waals surface area contributed by atoms with Gasteiger partial charge in [-0.25, -0.2) is 4.98 Å². The van der Waals surface area contributed by atoms with Crippen molar-refractivity contribution >= 4 is 38.8 Å². The maximum absolute atomic E-state index is 11.6. The van der Waals surface area contributed by atoms with Gasteiger partial charge in [-0.3, -0.25) is 14.9 Å². The fraction of sp³-hybridized carbons (Fsp3) is 0. The Morgan fingerprint density at radius 1 is 1.30 bits per heavy atom. The van der Waals surface area contributed by atoms with Crippen LogP contribution in [0.2, 0.25) is 5.02 Å². The first kappa shape index (κ1) is 12.8. The largest absolute Gasteiger partial charge is 0.312 e. The molecule has 0 radical (unpaired) electrons. The second-order valence-electron chi connectivity index (χ2n) is 4.01. The average molecular weight is 308 g/mol. The Bertz CT molecular complexity index is 887. The zero-order valence-corrected chi connectivity index (χ0v) is 11.4. The summed E-state index contributed by atoms with van der Waals surface area (Å²) in [6.45, 7) is 0. The molecule has 2 aromatic heterocycles. The summed E-state index contributed by atoms with van der Waals surface area (Å²) in [6.07, 6.45) is 1.32.